The summed E-state index contributed by atoms with van der Waals surface area (Å²) in [6.07, 6.45) is 1.56. The number of hydrazine groups is 1. The fourth-order valence-electron chi connectivity index (χ4n) is 3.01. The third-order valence-electron chi connectivity index (χ3n) is 5.12. The van der Waals surface area contributed by atoms with Gasteiger partial charge in [-0.25, -0.2) is 5.84 Å². The zero-order valence-electron chi connectivity index (χ0n) is 16.2. The molecule has 0 fully saturated rings. The lowest BCUT2D eigenvalue weighted by atomic mass is 9.80. The number of nitrogens with one attached hydrogen (secondary N) is 1. The molecule has 0 saturated heterocycles. The van der Waals surface area contributed by atoms with E-state index in [1.807, 2.05) is 6.07 Å². The number of carbonyl (C=O) groups is 1. The molecule has 28 heavy (non-hydrogen) atoms. The Kier molecular flexibility index (Phi) is 5.58. The highest BCUT2D eigenvalue weighted by atomic mass is 35.5. The highest BCUT2D eigenvalue weighted by Gasteiger charge is 2.26. The van der Waals surface area contributed by atoms with E-state index in [1.165, 1.54) is 4.80 Å². The van der Waals surface area contributed by atoms with Gasteiger partial charge in [-0.3, -0.25) is 10.2 Å². The molecule has 1 aromatic heterocycles. The van der Waals surface area contributed by atoms with Crippen LogP contribution in [-0.4, -0.2) is 26.0 Å². The Hall–Kier alpha value is -2.64. The van der Waals surface area contributed by atoms with Gasteiger partial charge in [-0.2, -0.15) is 0 Å². The molecular formula is C20H24ClN5O2. The van der Waals surface area contributed by atoms with Gasteiger partial charge in [-0.1, -0.05) is 38.4 Å². The number of phenols is 1. The second kappa shape index (κ2) is 7.77. The quantitative estimate of drug-likeness (QED) is 0.333. The van der Waals surface area contributed by atoms with Crippen LogP contribution < -0.4 is 11.3 Å². The summed E-state index contributed by atoms with van der Waals surface area (Å²) in [6.45, 7) is 6.19. The third kappa shape index (κ3) is 3.95. The first-order chi connectivity index (χ1) is 13.2. The molecule has 0 aliphatic carbocycles. The minimum atomic E-state index is -0.263. The lowest BCUT2D eigenvalue weighted by Gasteiger charge is -2.26. The topological polar surface area (TPSA) is 106 Å². The molecule has 0 bridgehead atoms. The van der Waals surface area contributed by atoms with E-state index in [2.05, 4.69) is 36.4 Å². The monoisotopic (exact) mass is 401 g/mol. The van der Waals surface area contributed by atoms with Gasteiger partial charge in [0.1, 0.15) is 22.5 Å². The van der Waals surface area contributed by atoms with Crippen molar-refractivity contribution in [2.45, 2.75) is 45.4 Å². The Morgan fingerprint density at radius 2 is 1.96 bits per heavy atom. The van der Waals surface area contributed by atoms with Crippen LogP contribution in [0.4, 0.5) is 0 Å². The van der Waals surface area contributed by atoms with Crippen LogP contribution in [0.5, 0.6) is 5.75 Å². The minimum Gasteiger partial charge on any atom is -0.505 e. The molecule has 0 aliphatic heterocycles. The molecular weight excluding hydrogens is 378 g/mol. The van der Waals surface area contributed by atoms with Crippen molar-refractivity contribution in [1.82, 2.24) is 20.4 Å². The lowest BCUT2D eigenvalue weighted by molar-refractivity contribution is -0.121. The van der Waals surface area contributed by atoms with Crippen molar-refractivity contribution in [3.05, 3.63) is 46.5 Å². The second-order valence-electron chi connectivity index (χ2n) is 7.44. The fourth-order valence-corrected chi connectivity index (χ4v) is 3.17. The lowest BCUT2D eigenvalue weighted by Crippen LogP contribution is -2.30. The predicted molar refractivity (Wildman–Crippen MR) is 110 cm³/mol. The van der Waals surface area contributed by atoms with Crippen molar-refractivity contribution in [3.63, 3.8) is 0 Å². The number of benzene rings is 2. The minimum absolute atomic E-state index is 0.130. The third-order valence-corrected chi connectivity index (χ3v) is 5.36. The van der Waals surface area contributed by atoms with Gasteiger partial charge in [0, 0.05) is 17.0 Å². The number of hydrogen-bond donors (Lipinski definition) is 3. The van der Waals surface area contributed by atoms with Gasteiger partial charge < -0.3 is 5.11 Å². The molecule has 148 valence electrons. The maximum Gasteiger partial charge on any atom is 0.234 e. The van der Waals surface area contributed by atoms with E-state index >= 15 is 0 Å². The van der Waals surface area contributed by atoms with Gasteiger partial charge in [-0.05, 0) is 48.1 Å². The molecule has 0 spiro atoms. The molecule has 1 heterocycles. The molecule has 0 radical (unpaired) electrons. The zero-order chi connectivity index (χ0) is 20.5. The summed E-state index contributed by atoms with van der Waals surface area (Å²) in [7, 11) is 0. The van der Waals surface area contributed by atoms with E-state index in [-0.39, 0.29) is 23.5 Å². The molecule has 0 atom stereocenters. The number of nitrogens with zero attached hydrogens (tertiary/aromatic N) is 3. The molecule has 7 nitrogen and oxygen atoms in total. The smallest absolute Gasteiger partial charge is 0.234 e. The van der Waals surface area contributed by atoms with Crippen molar-refractivity contribution in [3.8, 4) is 11.4 Å². The Morgan fingerprint density at radius 3 is 2.64 bits per heavy atom. The van der Waals surface area contributed by atoms with Crippen LogP contribution in [0.25, 0.3) is 16.7 Å². The molecule has 0 saturated carbocycles. The van der Waals surface area contributed by atoms with Crippen molar-refractivity contribution in [2.24, 2.45) is 5.84 Å². The van der Waals surface area contributed by atoms with E-state index in [1.54, 1.807) is 24.3 Å². The van der Waals surface area contributed by atoms with E-state index < -0.39 is 0 Å². The molecule has 1 amide bonds. The van der Waals surface area contributed by atoms with E-state index in [0.717, 1.165) is 17.5 Å². The second-order valence-corrected chi connectivity index (χ2v) is 7.87. The van der Waals surface area contributed by atoms with Crippen LogP contribution in [-0.2, 0) is 16.6 Å². The van der Waals surface area contributed by atoms with Crippen LogP contribution in [0.1, 0.15) is 44.7 Å². The van der Waals surface area contributed by atoms with E-state index in [9.17, 15) is 9.90 Å². The molecule has 4 N–H and O–H groups in total. The van der Waals surface area contributed by atoms with Crippen molar-refractivity contribution >= 4 is 28.5 Å². The number of aromatic hydroxyl groups is 1. The highest BCUT2D eigenvalue weighted by Crippen LogP contribution is 2.38. The summed E-state index contributed by atoms with van der Waals surface area (Å²) in [5.74, 6) is 5.07. The van der Waals surface area contributed by atoms with E-state index in [4.69, 9.17) is 17.4 Å². The standard InChI is InChI=1S/C20H24ClN5O2/c1-4-20(2,3)14-9-12(5-8-18(27)23-22)10-17(19(14)28)26-24-15-7-6-13(21)11-16(15)25-26/h6-7,9-11,28H,4-5,8,22H2,1-3H3,(H,23,27). The number of amides is 1. The number of carbonyl (C=O) groups excluding carboxylic acids is 1. The number of fused-ring (bicyclic) bond motifs is 1. The number of aryl methyl sites for hydroxylation is 1. The molecule has 3 rings (SSSR count). The number of aromatic nitrogens is 3. The largest absolute Gasteiger partial charge is 0.505 e. The summed E-state index contributed by atoms with van der Waals surface area (Å²) < 4.78 is 0. The zero-order valence-corrected chi connectivity index (χ0v) is 16.9. The van der Waals surface area contributed by atoms with Crippen LogP contribution in [0, 0.1) is 0 Å². The summed E-state index contributed by atoms with van der Waals surface area (Å²) >= 11 is 6.04. The summed E-state index contributed by atoms with van der Waals surface area (Å²) in [6, 6.07) is 8.99. The van der Waals surface area contributed by atoms with Gasteiger partial charge in [0.05, 0.1) is 0 Å². The maximum absolute atomic E-state index is 11.6. The van der Waals surface area contributed by atoms with Gasteiger partial charge >= 0.3 is 0 Å². The molecule has 2 aromatic carbocycles. The van der Waals surface area contributed by atoms with Crippen molar-refractivity contribution < 1.29 is 9.90 Å². The Morgan fingerprint density at radius 1 is 1.25 bits per heavy atom. The molecule has 0 aliphatic rings. The number of nitrogens with two attached hydrogens (primary N) is 1. The molecule has 0 unspecified atom stereocenters. The molecule has 3 aromatic rings. The van der Waals surface area contributed by atoms with Gasteiger partial charge in [0.25, 0.3) is 0 Å². The summed E-state index contributed by atoms with van der Waals surface area (Å²) in [4.78, 5) is 13.0. The first kappa shape index (κ1) is 20.1. The first-order valence-electron chi connectivity index (χ1n) is 9.14. The van der Waals surface area contributed by atoms with E-state index in [0.29, 0.717) is 28.2 Å². The van der Waals surface area contributed by atoms with Gasteiger partial charge in [0.2, 0.25) is 5.91 Å². The first-order valence-corrected chi connectivity index (χ1v) is 9.51. The van der Waals surface area contributed by atoms with Crippen LogP contribution in [0.15, 0.2) is 30.3 Å². The number of hydrogen-bond acceptors (Lipinski definition) is 5. The van der Waals surface area contributed by atoms with Crippen molar-refractivity contribution in [2.75, 3.05) is 0 Å². The average Bonchev–Trinajstić information content (AvgIpc) is 3.09. The van der Waals surface area contributed by atoms with Crippen LogP contribution in [0.3, 0.4) is 0 Å². The van der Waals surface area contributed by atoms with Gasteiger partial charge in [-0.15, -0.1) is 15.0 Å². The predicted octanol–water partition coefficient (Wildman–Crippen LogP) is 3.39. The normalized spacial score (nSPS) is 11.8. The van der Waals surface area contributed by atoms with Crippen LogP contribution >= 0.6 is 11.6 Å². The Balaban J connectivity index is 2.14. The SMILES string of the molecule is CCC(C)(C)c1cc(CCC(=O)NN)cc(-n2nc3ccc(Cl)cc3n2)c1O. The van der Waals surface area contributed by atoms with Crippen LogP contribution in [0.2, 0.25) is 5.02 Å². The number of rotatable bonds is 6. The fraction of sp³-hybridized carbons (Fsp3) is 0.350. The highest BCUT2D eigenvalue weighted by molar-refractivity contribution is 6.31. The summed E-state index contributed by atoms with van der Waals surface area (Å²) in [5, 5.41) is 20.5. The van der Waals surface area contributed by atoms with Gasteiger partial charge in [0.15, 0.2) is 0 Å². The summed E-state index contributed by atoms with van der Waals surface area (Å²) in [5.41, 5.74) is 5.34. The maximum atomic E-state index is 11.6. The van der Waals surface area contributed by atoms with Crippen molar-refractivity contribution in [1.29, 1.82) is 0 Å². The molecule has 8 heteroatoms. The Labute approximate surface area is 168 Å². The number of phenolic OH excluding ortho intramolecular Hbond substituents is 1. The average molecular weight is 402 g/mol. The Bertz CT molecular complexity index is 1030. The number of halogens is 1.